The summed E-state index contributed by atoms with van der Waals surface area (Å²) in [4.78, 5) is 23.5. The van der Waals surface area contributed by atoms with Crippen LogP contribution in [0.1, 0.15) is 15.9 Å². The molecule has 0 spiro atoms. The van der Waals surface area contributed by atoms with Crippen LogP contribution in [0.3, 0.4) is 0 Å². The molecule has 3 rings (SSSR count). The van der Waals surface area contributed by atoms with Gasteiger partial charge in [-0.3, -0.25) is 14.7 Å². The number of rotatable bonds is 8. The number of amides is 1. The van der Waals surface area contributed by atoms with Crippen LogP contribution in [0.2, 0.25) is 0 Å². The Hall–Kier alpha value is -2.28. The highest BCUT2D eigenvalue weighted by Gasteiger charge is 2.25. The van der Waals surface area contributed by atoms with Gasteiger partial charge in [-0.1, -0.05) is 18.2 Å². The molecule has 150 valence electrons. The Morgan fingerprint density at radius 1 is 1.14 bits per heavy atom. The van der Waals surface area contributed by atoms with E-state index < -0.39 is 0 Å². The molecule has 1 amide bonds. The molecule has 1 aromatic heterocycles. The predicted molar refractivity (Wildman–Crippen MR) is 110 cm³/mol. The average Bonchev–Trinajstić information content (AvgIpc) is 2.72. The standard InChI is InChI=1S/C22H30N4O2/c1-24(2)12-13-26(22(27)20-6-4-3-5-7-20)18-21-17-25(14-15-28-21)16-19-8-10-23-11-9-19/h3-11,21H,12-18H2,1-2H3. The quantitative estimate of drug-likeness (QED) is 0.699. The molecule has 0 saturated carbocycles. The maximum Gasteiger partial charge on any atom is 0.253 e. The molecule has 1 aliphatic rings. The number of carbonyl (C=O) groups excluding carboxylic acids is 1. The van der Waals surface area contributed by atoms with E-state index in [0.29, 0.717) is 19.7 Å². The summed E-state index contributed by atoms with van der Waals surface area (Å²) in [7, 11) is 4.05. The molecular formula is C22H30N4O2. The monoisotopic (exact) mass is 382 g/mol. The van der Waals surface area contributed by atoms with Gasteiger partial charge in [0.25, 0.3) is 5.91 Å². The summed E-state index contributed by atoms with van der Waals surface area (Å²) in [5.74, 6) is 0.0670. The van der Waals surface area contributed by atoms with Crippen LogP contribution in [0.4, 0.5) is 0 Å². The van der Waals surface area contributed by atoms with Gasteiger partial charge in [0.1, 0.15) is 0 Å². The Morgan fingerprint density at radius 3 is 2.61 bits per heavy atom. The molecule has 6 heteroatoms. The van der Waals surface area contributed by atoms with E-state index in [1.54, 1.807) is 0 Å². The first kappa shape index (κ1) is 20.5. The van der Waals surface area contributed by atoms with Crippen molar-refractivity contribution in [2.75, 3.05) is 53.4 Å². The number of morpholine rings is 1. The van der Waals surface area contributed by atoms with Gasteiger partial charge >= 0.3 is 0 Å². The Morgan fingerprint density at radius 2 is 1.89 bits per heavy atom. The summed E-state index contributed by atoms with van der Waals surface area (Å²) in [5.41, 5.74) is 1.98. The molecule has 0 aliphatic carbocycles. The number of likely N-dealkylation sites (N-methyl/N-ethyl adjacent to an activating group) is 1. The summed E-state index contributed by atoms with van der Waals surface area (Å²) >= 11 is 0. The molecule has 1 unspecified atom stereocenters. The minimum atomic E-state index is 0.0189. The topological polar surface area (TPSA) is 48.9 Å². The van der Waals surface area contributed by atoms with E-state index in [9.17, 15) is 4.79 Å². The maximum atomic E-state index is 13.0. The van der Waals surface area contributed by atoms with Crippen LogP contribution < -0.4 is 0 Å². The van der Waals surface area contributed by atoms with E-state index in [4.69, 9.17) is 4.74 Å². The first-order valence-electron chi connectivity index (χ1n) is 9.84. The zero-order valence-electron chi connectivity index (χ0n) is 16.8. The van der Waals surface area contributed by atoms with Crippen LogP contribution in [0.15, 0.2) is 54.9 Å². The van der Waals surface area contributed by atoms with Gasteiger partial charge in [-0.15, -0.1) is 0 Å². The van der Waals surface area contributed by atoms with Crippen molar-refractivity contribution in [2.45, 2.75) is 12.6 Å². The van der Waals surface area contributed by atoms with Crippen LogP contribution in [0.25, 0.3) is 0 Å². The van der Waals surface area contributed by atoms with Gasteiger partial charge in [-0.05, 0) is 43.9 Å². The fourth-order valence-corrected chi connectivity index (χ4v) is 3.39. The lowest BCUT2D eigenvalue weighted by Gasteiger charge is -2.36. The van der Waals surface area contributed by atoms with Crippen molar-refractivity contribution in [3.05, 3.63) is 66.0 Å². The van der Waals surface area contributed by atoms with Crippen molar-refractivity contribution in [2.24, 2.45) is 0 Å². The highest BCUT2D eigenvalue weighted by atomic mass is 16.5. The number of carbonyl (C=O) groups is 1. The lowest BCUT2D eigenvalue weighted by Crippen LogP contribution is -2.49. The molecule has 1 aliphatic heterocycles. The minimum Gasteiger partial charge on any atom is -0.374 e. The van der Waals surface area contributed by atoms with E-state index in [-0.39, 0.29) is 12.0 Å². The van der Waals surface area contributed by atoms with Gasteiger partial charge in [0.15, 0.2) is 0 Å². The summed E-state index contributed by atoms with van der Waals surface area (Å²) in [6.07, 6.45) is 3.68. The SMILES string of the molecule is CN(C)CCN(CC1CN(Cc2ccncc2)CCO1)C(=O)c1ccccc1. The van der Waals surface area contributed by atoms with Crippen LogP contribution in [0, 0.1) is 0 Å². The third-order valence-electron chi connectivity index (χ3n) is 4.93. The predicted octanol–water partition coefficient (Wildman–Crippen LogP) is 1.99. The number of benzene rings is 1. The first-order valence-corrected chi connectivity index (χ1v) is 9.84. The molecule has 1 atom stereocenters. The Balaban J connectivity index is 1.63. The fourth-order valence-electron chi connectivity index (χ4n) is 3.39. The van der Waals surface area contributed by atoms with Crippen molar-refractivity contribution in [3.8, 4) is 0 Å². The lowest BCUT2D eigenvalue weighted by molar-refractivity contribution is -0.0433. The van der Waals surface area contributed by atoms with Crippen molar-refractivity contribution in [1.82, 2.24) is 19.7 Å². The fraction of sp³-hybridized carbons (Fsp3) is 0.455. The third-order valence-corrected chi connectivity index (χ3v) is 4.93. The molecule has 1 saturated heterocycles. The highest BCUT2D eigenvalue weighted by molar-refractivity contribution is 5.94. The number of hydrogen-bond donors (Lipinski definition) is 0. The summed E-state index contributed by atoms with van der Waals surface area (Å²) < 4.78 is 6.01. The molecule has 2 heterocycles. The van der Waals surface area contributed by atoms with E-state index in [1.165, 1.54) is 5.56 Å². The summed E-state index contributed by atoms with van der Waals surface area (Å²) in [6.45, 7) is 5.42. The molecule has 6 nitrogen and oxygen atoms in total. The summed E-state index contributed by atoms with van der Waals surface area (Å²) in [6, 6.07) is 13.6. The zero-order valence-corrected chi connectivity index (χ0v) is 16.8. The molecule has 0 bridgehead atoms. The van der Waals surface area contributed by atoms with Gasteiger partial charge in [0, 0.05) is 57.2 Å². The van der Waals surface area contributed by atoms with Gasteiger partial charge in [0.2, 0.25) is 0 Å². The van der Waals surface area contributed by atoms with Gasteiger partial charge in [0.05, 0.1) is 12.7 Å². The first-order chi connectivity index (χ1) is 13.6. The van der Waals surface area contributed by atoms with Gasteiger partial charge < -0.3 is 14.5 Å². The van der Waals surface area contributed by atoms with Crippen molar-refractivity contribution < 1.29 is 9.53 Å². The normalized spacial score (nSPS) is 17.6. The Bertz CT molecular complexity index is 724. The zero-order chi connectivity index (χ0) is 19.8. The Labute approximate surface area is 167 Å². The van der Waals surface area contributed by atoms with Crippen molar-refractivity contribution >= 4 is 5.91 Å². The number of ether oxygens (including phenoxy) is 1. The van der Waals surface area contributed by atoms with E-state index in [2.05, 4.69) is 14.8 Å². The van der Waals surface area contributed by atoms with Crippen LogP contribution >= 0.6 is 0 Å². The van der Waals surface area contributed by atoms with Gasteiger partial charge in [-0.2, -0.15) is 0 Å². The second kappa shape index (κ2) is 10.3. The van der Waals surface area contributed by atoms with Gasteiger partial charge in [-0.25, -0.2) is 0 Å². The molecule has 1 fully saturated rings. The minimum absolute atomic E-state index is 0.0189. The molecule has 2 aromatic rings. The number of hydrogen-bond acceptors (Lipinski definition) is 5. The van der Waals surface area contributed by atoms with Crippen molar-refractivity contribution in [3.63, 3.8) is 0 Å². The molecule has 1 aromatic carbocycles. The molecule has 0 N–H and O–H groups in total. The molecule has 28 heavy (non-hydrogen) atoms. The molecule has 0 radical (unpaired) electrons. The smallest absolute Gasteiger partial charge is 0.253 e. The highest BCUT2D eigenvalue weighted by Crippen LogP contribution is 2.13. The van der Waals surface area contributed by atoms with E-state index in [1.807, 2.05) is 73.9 Å². The number of aromatic nitrogens is 1. The number of nitrogens with zero attached hydrogens (tertiary/aromatic N) is 4. The van der Waals surface area contributed by atoms with E-state index in [0.717, 1.165) is 31.7 Å². The van der Waals surface area contributed by atoms with Crippen LogP contribution in [-0.4, -0.2) is 85.1 Å². The van der Waals surface area contributed by atoms with Crippen LogP contribution in [-0.2, 0) is 11.3 Å². The maximum absolute atomic E-state index is 13.0. The van der Waals surface area contributed by atoms with E-state index >= 15 is 0 Å². The summed E-state index contributed by atoms with van der Waals surface area (Å²) in [5, 5.41) is 0. The number of pyridine rings is 1. The average molecular weight is 383 g/mol. The van der Waals surface area contributed by atoms with Crippen LogP contribution in [0.5, 0.6) is 0 Å². The largest absolute Gasteiger partial charge is 0.374 e. The lowest BCUT2D eigenvalue weighted by atomic mass is 10.1. The molecular weight excluding hydrogens is 352 g/mol. The second-order valence-electron chi connectivity index (χ2n) is 7.50. The second-order valence-corrected chi connectivity index (χ2v) is 7.50. The van der Waals surface area contributed by atoms with Crippen molar-refractivity contribution in [1.29, 1.82) is 0 Å². The third kappa shape index (κ3) is 6.12. The Kier molecular flexibility index (Phi) is 7.54.